The summed E-state index contributed by atoms with van der Waals surface area (Å²) in [7, 11) is 4.81. The smallest absolute Gasteiger partial charge is 0.269 e. The van der Waals surface area contributed by atoms with Crippen molar-refractivity contribution in [1.29, 1.82) is 0 Å². The molecule has 2 rings (SSSR count). The van der Waals surface area contributed by atoms with E-state index in [2.05, 4.69) is 0 Å². The predicted molar refractivity (Wildman–Crippen MR) is 88.4 cm³/mol. The molecule has 1 amide bonds. The van der Waals surface area contributed by atoms with E-state index < -0.39 is 4.92 Å². The van der Waals surface area contributed by atoms with Crippen molar-refractivity contribution in [1.82, 2.24) is 4.90 Å². The Balaban J connectivity index is 2.25. The molecule has 0 saturated carbocycles. The van der Waals surface area contributed by atoms with Gasteiger partial charge in [0.1, 0.15) is 6.61 Å². The molecule has 0 aliphatic heterocycles. The summed E-state index contributed by atoms with van der Waals surface area (Å²) < 4.78 is 11.0. The van der Waals surface area contributed by atoms with E-state index in [0.29, 0.717) is 17.1 Å². The topological polar surface area (TPSA) is 81.9 Å². The molecule has 7 heteroatoms. The van der Waals surface area contributed by atoms with Gasteiger partial charge in [-0.15, -0.1) is 0 Å². The van der Waals surface area contributed by atoms with Crippen LogP contribution >= 0.6 is 0 Å². The summed E-state index contributed by atoms with van der Waals surface area (Å²) >= 11 is 0. The number of hydrogen-bond acceptors (Lipinski definition) is 5. The zero-order valence-corrected chi connectivity index (χ0v) is 13.7. The van der Waals surface area contributed by atoms with Crippen molar-refractivity contribution < 1.29 is 19.2 Å². The maximum Gasteiger partial charge on any atom is 0.269 e. The van der Waals surface area contributed by atoms with Gasteiger partial charge in [-0.2, -0.15) is 0 Å². The number of ether oxygens (including phenoxy) is 2. The zero-order chi connectivity index (χ0) is 17.7. The van der Waals surface area contributed by atoms with Gasteiger partial charge in [0.2, 0.25) is 0 Å². The van der Waals surface area contributed by atoms with Crippen LogP contribution in [0, 0.1) is 10.1 Å². The van der Waals surface area contributed by atoms with Gasteiger partial charge in [-0.05, 0) is 29.8 Å². The van der Waals surface area contributed by atoms with Crippen LogP contribution in [0.3, 0.4) is 0 Å². The van der Waals surface area contributed by atoms with E-state index in [1.54, 1.807) is 44.4 Å². The summed E-state index contributed by atoms with van der Waals surface area (Å²) in [6.45, 7) is 0.159. The number of methoxy groups -OCH3 is 1. The molecule has 2 aromatic carbocycles. The Morgan fingerprint density at radius 1 is 1.17 bits per heavy atom. The molecule has 0 unspecified atom stereocenters. The van der Waals surface area contributed by atoms with Crippen LogP contribution in [0.1, 0.15) is 15.9 Å². The second-order valence-electron chi connectivity index (χ2n) is 5.25. The van der Waals surface area contributed by atoms with Crippen molar-refractivity contribution in [2.75, 3.05) is 21.2 Å². The number of benzene rings is 2. The number of carbonyl (C=O) groups excluding carboxylic acids is 1. The molecule has 7 nitrogen and oxygen atoms in total. The van der Waals surface area contributed by atoms with Crippen LogP contribution in [0.4, 0.5) is 5.69 Å². The lowest BCUT2D eigenvalue weighted by atomic mass is 10.1. The Morgan fingerprint density at radius 3 is 2.38 bits per heavy atom. The molecule has 0 heterocycles. The second-order valence-corrected chi connectivity index (χ2v) is 5.25. The molecule has 0 aliphatic carbocycles. The molecular formula is C17H18N2O5. The van der Waals surface area contributed by atoms with Gasteiger partial charge < -0.3 is 14.4 Å². The van der Waals surface area contributed by atoms with E-state index in [0.717, 1.165) is 5.56 Å². The summed E-state index contributed by atoms with van der Waals surface area (Å²) in [5.41, 5.74) is 1.15. The quantitative estimate of drug-likeness (QED) is 0.601. The Morgan fingerprint density at radius 2 is 1.83 bits per heavy atom. The number of nitro groups is 1. The monoisotopic (exact) mass is 330 g/mol. The van der Waals surface area contributed by atoms with E-state index in [1.165, 1.54) is 24.1 Å². The van der Waals surface area contributed by atoms with Crippen LogP contribution < -0.4 is 9.47 Å². The number of non-ortho nitro benzene ring substituents is 1. The standard InChI is InChI=1S/C17H18N2O5/c1-18(2)17(20)14-5-4-6-15(23-3)16(14)24-11-12-7-9-13(10-8-12)19(21)22/h4-10H,11H2,1-3H3. The average Bonchev–Trinajstić information content (AvgIpc) is 2.59. The van der Waals surface area contributed by atoms with E-state index in [1.807, 2.05) is 0 Å². The minimum absolute atomic E-state index is 0.0134. The fourth-order valence-corrected chi connectivity index (χ4v) is 2.10. The lowest BCUT2D eigenvalue weighted by Crippen LogP contribution is -2.22. The highest BCUT2D eigenvalue weighted by Gasteiger charge is 2.18. The van der Waals surface area contributed by atoms with Gasteiger partial charge in [-0.3, -0.25) is 14.9 Å². The third-order valence-electron chi connectivity index (χ3n) is 3.37. The molecule has 0 aromatic heterocycles. The molecule has 0 atom stereocenters. The minimum Gasteiger partial charge on any atom is -0.493 e. The van der Waals surface area contributed by atoms with Crippen molar-refractivity contribution in [3.63, 3.8) is 0 Å². The van der Waals surface area contributed by atoms with Gasteiger partial charge in [-0.25, -0.2) is 0 Å². The zero-order valence-electron chi connectivity index (χ0n) is 13.7. The molecule has 2 aromatic rings. The summed E-state index contributed by atoms with van der Waals surface area (Å²) in [6.07, 6.45) is 0. The average molecular weight is 330 g/mol. The van der Waals surface area contributed by atoms with E-state index in [9.17, 15) is 14.9 Å². The normalized spacial score (nSPS) is 10.1. The van der Waals surface area contributed by atoms with Gasteiger partial charge in [0.05, 0.1) is 17.6 Å². The number of nitrogens with zero attached hydrogens (tertiary/aromatic N) is 2. The number of rotatable bonds is 6. The lowest BCUT2D eigenvalue weighted by molar-refractivity contribution is -0.384. The fourth-order valence-electron chi connectivity index (χ4n) is 2.10. The number of hydrogen-bond donors (Lipinski definition) is 0. The van der Waals surface area contributed by atoms with Crippen LogP contribution in [0.15, 0.2) is 42.5 Å². The number of nitro benzene ring substituents is 1. The maximum atomic E-state index is 12.3. The first kappa shape index (κ1) is 17.3. The van der Waals surface area contributed by atoms with E-state index >= 15 is 0 Å². The van der Waals surface area contributed by atoms with Crippen LogP contribution in [0.5, 0.6) is 11.5 Å². The largest absolute Gasteiger partial charge is 0.493 e. The van der Waals surface area contributed by atoms with Crippen molar-refractivity contribution in [2.24, 2.45) is 0 Å². The third-order valence-corrected chi connectivity index (χ3v) is 3.37. The van der Waals surface area contributed by atoms with Gasteiger partial charge >= 0.3 is 0 Å². The highest BCUT2D eigenvalue weighted by molar-refractivity contribution is 5.97. The highest BCUT2D eigenvalue weighted by Crippen LogP contribution is 2.32. The summed E-state index contributed by atoms with van der Waals surface area (Å²) in [4.78, 5) is 23.9. The van der Waals surface area contributed by atoms with Crippen LogP contribution in [0.25, 0.3) is 0 Å². The van der Waals surface area contributed by atoms with Crippen LogP contribution in [-0.4, -0.2) is 36.9 Å². The Kier molecular flexibility index (Phi) is 5.36. The first-order valence-corrected chi connectivity index (χ1v) is 7.19. The molecule has 0 N–H and O–H groups in total. The first-order chi connectivity index (χ1) is 11.4. The van der Waals surface area contributed by atoms with Gasteiger partial charge in [0.25, 0.3) is 11.6 Å². The predicted octanol–water partition coefficient (Wildman–Crippen LogP) is 2.88. The van der Waals surface area contributed by atoms with Crippen molar-refractivity contribution in [3.05, 3.63) is 63.7 Å². The molecule has 24 heavy (non-hydrogen) atoms. The first-order valence-electron chi connectivity index (χ1n) is 7.19. The third kappa shape index (κ3) is 3.81. The molecule has 126 valence electrons. The molecule has 0 fully saturated rings. The highest BCUT2D eigenvalue weighted by atomic mass is 16.6. The van der Waals surface area contributed by atoms with Gasteiger partial charge in [0, 0.05) is 26.2 Å². The summed E-state index contributed by atoms with van der Waals surface area (Å²) in [5, 5.41) is 10.7. The Labute approximate surface area is 139 Å². The second kappa shape index (κ2) is 7.45. The summed E-state index contributed by atoms with van der Waals surface area (Å²) in [5.74, 6) is 0.592. The molecular weight excluding hydrogens is 312 g/mol. The van der Waals surface area contributed by atoms with Gasteiger partial charge in [-0.1, -0.05) is 6.07 Å². The van der Waals surface area contributed by atoms with Crippen molar-refractivity contribution in [3.8, 4) is 11.5 Å². The van der Waals surface area contributed by atoms with E-state index in [4.69, 9.17) is 9.47 Å². The molecule has 0 spiro atoms. The van der Waals surface area contributed by atoms with Gasteiger partial charge in [0.15, 0.2) is 11.5 Å². The summed E-state index contributed by atoms with van der Waals surface area (Å²) in [6, 6.07) is 11.1. The van der Waals surface area contributed by atoms with Crippen LogP contribution in [0.2, 0.25) is 0 Å². The fraction of sp³-hybridized carbons (Fsp3) is 0.235. The Hall–Kier alpha value is -3.09. The Bertz CT molecular complexity index is 741. The molecule has 0 radical (unpaired) electrons. The van der Waals surface area contributed by atoms with Crippen molar-refractivity contribution >= 4 is 11.6 Å². The SMILES string of the molecule is COc1cccc(C(=O)N(C)C)c1OCc1ccc([N+](=O)[O-])cc1. The molecule has 0 aliphatic rings. The van der Waals surface area contributed by atoms with Crippen LogP contribution in [-0.2, 0) is 6.61 Å². The minimum atomic E-state index is -0.460. The maximum absolute atomic E-state index is 12.3. The molecule has 0 saturated heterocycles. The van der Waals surface area contributed by atoms with Crippen molar-refractivity contribution in [2.45, 2.75) is 6.61 Å². The van der Waals surface area contributed by atoms with E-state index in [-0.39, 0.29) is 18.2 Å². The number of amides is 1. The number of carbonyl (C=O) groups is 1. The number of para-hydroxylation sites is 1. The molecule has 0 bridgehead atoms. The lowest BCUT2D eigenvalue weighted by Gasteiger charge is -2.17.